The second-order valence-electron chi connectivity index (χ2n) is 6.30. The summed E-state index contributed by atoms with van der Waals surface area (Å²) in [4.78, 5) is 21.9. The lowest BCUT2D eigenvalue weighted by Gasteiger charge is -2.11. The van der Waals surface area contributed by atoms with Crippen LogP contribution >= 0.6 is 0 Å². The summed E-state index contributed by atoms with van der Waals surface area (Å²) >= 11 is 0. The minimum Gasteiger partial charge on any atom is -0.493 e. The van der Waals surface area contributed by atoms with E-state index in [0.717, 1.165) is 24.8 Å². The van der Waals surface area contributed by atoms with Gasteiger partial charge in [0.2, 0.25) is 0 Å². The van der Waals surface area contributed by atoms with E-state index in [-0.39, 0.29) is 12.3 Å². The number of hydrazone groups is 1. The van der Waals surface area contributed by atoms with E-state index < -0.39 is 10.8 Å². The molecule has 0 saturated heterocycles. The Labute approximate surface area is 174 Å². The fraction of sp³-hybridized carbons (Fsp3) is 0.333. The van der Waals surface area contributed by atoms with Gasteiger partial charge in [0.15, 0.2) is 18.1 Å². The molecule has 0 spiro atoms. The summed E-state index contributed by atoms with van der Waals surface area (Å²) in [6, 6.07) is 10.8. The highest BCUT2D eigenvalue weighted by atomic mass is 16.6. The summed E-state index contributed by atoms with van der Waals surface area (Å²) in [5, 5.41) is 14.5. The van der Waals surface area contributed by atoms with Gasteiger partial charge < -0.3 is 14.2 Å². The highest BCUT2D eigenvalue weighted by Gasteiger charge is 2.07. The second kappa shape index (κ2) is 12.1. The van der Waals surface area contributed by atoms with Crippen molar-refractivity contribution >= 4 is 17.8 Å². The molecule has 0 heterocycles. The lowest BCUT2D eigenvalue weighted by atomic mass is 10.2. The van der Waals surface area contributed by atoms with Gasteiger partial charge in [0.05, 0.1) is 24.9 Å². The molecule has 2 aromatic rings. The molecule has 0 aliphatic heterocycles. The fourth-order valence-electron chi connectivity index (χ4n) is 2.44. The quantitative estimate of drug-likeness (QED) is 0.245. The predicted octanol–water partition coefficient (Wildman–Crippen LogP) is 3.70. The van der Waals surface area contributed by atoms with Crippen LogP contribution in [0.25, 0.3) is 0 Å². The maximum Gasteiger partial charge on any atom is 0.277 e. The third kappa shape index (κ3) is 7.42. The van der Waals surface area contributed by atoms with Crippen molar-refractivity contribution in [2.75, 3.05) is 20.3 Å². The summed E-state index contributed by atoms with van der Waals surface area (Å²) in [5.41, 5.74) is 3.03. The van der Waals surface area contributed by atoms with Crippen LogP contribution < -0.4 is 19.6 Å². The van der Waals surface area contributed by atoms with Gasteiger partial charge in [0, 0.05) is 12.1 Å². The normalized spacial score (nSPS) is 10.6. The van der Waals surface area contributed by atoms with E-state index in [2.05, 4.69) is 17.5 Å². The molecular weight excluding hydrogens is 390 g/mol. The summed E-state index contributed by atoms with van der Waals surface area (Å²) < 4.78 is 16.3. The number of unbranched alkanes of at least 4 members (excludes halogenated alkanes) is 2. The molecular formula is C21H25N3O6. The molecule has 9 heteroatoms. The third-order valence-corrected chi connectivity index (χ3v) is 4.01. The number of nitro groups is 1. The summed E-state index contributed by atoms with van der Waals surface area (Å²) in [7, 11) is 1.56. The minimum absolute atomic E-state index is 0.0517. The number of nitrogens with one attached hydrogen (secondary N) is 1. The average molecular weight is 415 g/mol. The summed E-state index contributed by atoms with van der Waals surface area (Å²) in [6.07, 6.45) is 4.70. The molecule has 0 aliphatic rings. The van der Waals surface area contributed by atoms with Crippen LogP contribution in [0.5, 0.6) is 17.2 Å². The molecule has 1 amide bonds. The van der Waals surface area contributed by atoms with Gasteiger partial charge in [0.1, 0.15) is 5.75 Å². The number of ether oxygens (including phenoxy) is 3. The lowest BCUT2D eigenvalue weighted by Crippen LogP contribution is -2.24. The molecule has 0 unspecified atom stereocenters. The van der Waals surface area contributed by atoms with E-state index in [1.54, 1.807) is 25.3 Å². The van der Waals surface area contributed by atoms with E-state index in [9.17, 15) is 14.9 Å². The van der Waals surface area contributed by atoms with Gasteiger partial charge in [-0.25, -0.2) is 5.43 Å². The van der Waals surface area contributed by atoms with E-state index in [0.29, 0.717) is 23.9 Å². The first-order chi connectivity index (χ1) is 14.5. The largest absolute Gasteiger partial charge is 0.493 e. The van der Waals surface area contributed by atoms with Crippen LogP contribution in [0.15, 0.2) is 47.6 Å². The van der Waals surface area contributed by atoms with Crippen molar-refractivity contribution in [2.45, 2.75) is 26.2 Å². The van der Waals surface area contributed by atoms with Crippen molar-refractivity contribution in [2.24, 2.45) is 5.10 Å². The van der Waals surface area contributed by atoms with Crippen molar-refractivity contribution < 1.29 is 23.9 Å². The molecule has 9 nitrogen and oxygen atoms in total. The minimum atomic E-state index is -0.509. The molecule has 1 N–H and O–H groups in total. The topological polar surface area (TPSA) is 112 Å². The predicted molar refractivity (Wildman–Crippen MR) is 112 cm³/mol. The van der Waals surface area contributed by atoms with Gasteiger partial charge in [-0.15, -0.1) is 0 Å². The van der Waals surface area contributed by atoms with Crippen molar-refractivity contribution in [3.8, 4) is 17.2 Å². The van der Waals surface area contributed by atoms with Crippen molar-refractivity contribution in [3.63, 3.8) is 0 Å². The number of rotatable bonds is 12. The number of non-ortho nitro benzene ring substituents is 1. The first-order valence-corrected chi connectivity index (χ1v) is 9.53. The zero-order chi connectivity index (χ0) is 21.8. The maximum absolute atomic E-state index is 11.8. The van der Waals surface area contributed by atoms with Crippen LogP contribution in [0.3, 0.4) is 0 Å². The number of nitrogens with zero attached hydrogens (tertiary/aromatic N) is 2. The Bertz CT molecular complexity index is 868. The summed E-state index contributed by atoms with van der Waals surface area (Å²) in [6.45, 7) is 2.49. The first-order valence-electron chi connectivity index (χ1n) is 9.53. The molecule has 0 bridgehead atoms. The Hall–Kier alpha value is -3.62. The lowest BCUT2D eigenvalue weighted by molar-refractivity contribution is -0.384. The molecule has 2 rings (SSSR count). The smallest absolute Gasteiger partial charge is 0.277 e. The van der Waals surface area contributed by atoms with Gasteiger partial charge >= 0.3 is 0 Å². The van der Waals surface area contributed by atoms with Crippen LogP contribution in [0.1, 0.15) is 31.7 Å². The Kier molecular flexibility index (Phi) is 9.11. The monoisotopic (exact) mass is 415 g/mol. The number of hydrogen-bond donors (Lipinski definition) is 1. The van der Waals surface area contributed by atoms with Crippen molar-refractivity contribution in [3.05, 3.63) is 58.1 Å². The molecule has 2 aromatic carbocycles. The van der Waals surface area contributed by atoms with E-state index in [1.807, 2.05) is 0 Å². The second-order valence-corrected chi connectivity index (χ2v) is 6.30. The fourth-order valence-corrected chi connectivity index (χ4v) is 2.44. The number of hydrogen-bond acceptors (Lipinski definition) is 7. The average Bonchev–Trinajstić information content (AvgIpc) is 2.76. The first kappa shape index (κ1) is 22.7. The Morgan fingerprint density at radius 1 is 1.13 bits per heavy atom. The molecule has 0 atom stereocenters. The highest BCUT2D eigenvalue weighted by Crippen LogP contribution is 2.27. The van der Waals surface area contributed by atoms with Gasteiger partial charge in [-0.05, 0) is 42.3 Å². The van der Waals surface area contributed by atoms with Gasteiger partial charge in [0.25, 0.3) is 11.6 Å². The van der Waals surface area contributed by atoms with Gasteiger partial charge in [-0.2, -0.15) is 5.10 Å². The number of amides is 1. The standard InChI is InChI=1S/C21H25N3O6/c1-3-4-5-12-29-19-11-6-16(13-20(19)28-2)14-22-23-21(25)15-30-18-9-7-17(8-10-18)24(26)27/h6-11,13-14H,3-5,12,15H2,1-2H3,(H,23,25)/b22-14-. The van der Waals surface area contributed by atoms with E-state index in [1.165, 1.54) is 30.5 Å². The van der Waals surface area contributed by atoms with Crippen LogP contribution in [0.2, 0.25) is 0 Å². The Balaban J connectivity index is 1.82. The van der Waals surface area contributed by atoms with E-state index in [4.69, 9.17) is 14.2 Å². The number of benzene rings is 2. The zero-order valence-electron chi connectivity index (χ0n) is 17.0. The van der Waals surface area contributed by atoms with Crippen LogP contribution in [0, 0.1) is 10.1 Å². The molecule has 0 saturated carbocycles. The SMILES string of the molecule is CCCCCOc1ccc(/C=N\NC(=O)COc2ccc([N+](=O)[O-])cc2)cc1OC. The van der Waals surface area contributed by atoms with Crippen LogP contribution in [-0.2, 0) is 4.79 Å². The molecule has 160 valence electrons. The maximum atomic E-state index is 11.8. The number of methoxy groups -OCH3 is 1. The highest BCUT2D eigenvalue weighted by molar-refractivity contribution is 5.83. The Morgan fingerprint density at radius 3 is 2.57 bits per heavy atom. The van der Waals surface area contributed by atoms with Crippen LogP contribution in [-0.4, -0.2) is 37.4 Å². The van der Waals surface area contributed by atoms with E-state index >= 15 is 0 Å². The van der Waals surface area contributed by atoms with Gasteiger partial charge in [-0.3, -0.25) is 14.9 Å². The van der Waals surface area contributed by atoms with Crippen molar-refractivity contribution in [1.29, 1.82) is 0 Å². The number of nitro benzene ring substituents is 1. The Morgan fingerprint density at radius 2 is 1.90 bits per heavy atom. The number of carbonyl (C=O) groups excluding carboxylic acids is 1. The molecule has 0 radical (unpaired) electrons. The zero-order valence-corrected chi connectivity index (χ0v) is 17.0. The summed E-state index contributed by atoms with van der Waals surface area (Å²) in [5.74, 6) is 1.13. The molecule has 30 heavy (non-hydrogen) atoms. The molecule has 0 fully saturated rings. The molecule has 0 aliphatic carbocycles. The third-order valence-electron chi connectivity index (χ3n) is 4.01. The van der Waals surface area contributed by atoms with Gasteiger partial charge in [-0.1, -0.05) is 19.8 Å². The van der Waals surface area contributed by atoms with Crippen molar-refractivity contribution in [1.82, 2.24) is 5.43 Å². The molecule has 0 aromatic heterocycles. The number of carbonyl (C=O) groups is 1. The van der Waals surface area contributed by atoms with Crippen LogP contribution in [0.4, 0.5) is 5.69 Å².